The molecule has 0 bridgehead atoms. The van der Waals surface area contributed by atoms with Crippen molar-refractivity contribution in [2.45, 2.75) is 0 Å². The van der Waals surface area contributed by atoms with Crippen LogP contribution in [0.25, 0.3) is 0 Å². The number of nitrogens with zero attached hydrogens (tertiary/aromatic N) is 1. The molecule has 0 fully saturated rings. The summed E-state index contributed by atoms with van der Waals surface area (Å²) < 4.78 is 65.5. The van der Waals surface area contributed by atoms with Gasteiger partial charge in [-0.05, 0) is 19.2 Å². The van der Waals surface area contributed by atoms with E-state index >= 15 is 0 Å². The molecule has 51 heavy (non-hydrogen) atoms. The number of rotatable bonds is 39. The maximum absolute atomic E-state index is 12.3. The SMILES string of the molecule is CNCCOCCOCCOCCOCCOCCOCCOCCOCCOCCOCCOCCOCCN1C(=O)c2ccccc2C1=O. The molecule has 0 aliphatic carbocycles. The van der Waals surface area contributed by atoms with Gasteiger partial charge < -0.3 is 62.2 Å². The molecule has 1 aromatic rings. The van der Waals surface area contributed by atoms with Crippen molar-refractivity contribution in [3.63, 3.8) is 0 Å². The zero-order valence-electron chi connectivity index (χ0n) is 30.4. The zero-order chi connectivity index (χ0) is 36.3. The molecule has 294 valence electrons. The fourth-order valence-corrected chi connectivity index (χ4v) is 4.29. The number of benzene rings is 1. The number of carbonyl (C=O) groups excluding carboxylic acids is 2. The summed E-state index contributed by atoms with van der Waals surface area (Å²) in [7, 11) is 1.89. The van der Waals surface area contributed by atoms with Gasteiger partial charge in [-0.25, -0.2) is 0 Å². The van der Waals surface area contributed by atoms with Gasteiger partial charge >= 0.3 is 0 Å². The summed E-state index contributed by atoms with van der Waals surface area (Å²) in [6.07, 6.45) is 0. The van der Waals surface area contributed by atoms with Crippen LogP contribution in [-0.2, 0) is 56.8 Å². The second-order valence-corrected chi connectivity index (χ2v) is 10.8. The van der Waals surface area contributed by atoms with E-state index in [1.807, 2.05) is 7.05 Å². The number of carbonyl (C=O) groups is 2. The van der Waals surface area contributed by atoms with E-state index in [1.54, 1.807) is 24.3 Å². The average Bonchev–Trinajstić information content (AvgIpc) is 3.39. The minimum absolute atomic E-state index is 0.213. The first-order chi connectivity index (χ1) is 25.3. The second kappa shape index (κ2) is 33.7. The fourth-order valence-electron chi connectivity index (χ4n) is 4.29. The van der Waals surface area contributed by atoms with Crippen LogP contribution in [0.1, 0.15) is 20.7 Å². The first-order valence-corrected chi connectivity index (χ1v) is 17.8. The molecule has 0 atom stereocenters. The molecule has 1 aliphatic heterocycles. The van der Waals surface area contributed by atoms with Gasteiger partial charge in [-0.15, -0.1) is 0 Å². The molecule has 1 heterocycles. The third-order valence-electron chi connectivity index (χ3n) is 6.93. The van der Waals surface area contributed by atoms with E-state index in [9.17, 15) is 9.59 Å². The summed E-state index contributed by atoms with van der Waals surface area (Å²) in [5, 5.41) is 3.02. The third-order valence-corrected chi connectivity index (χ3v) is 6.93. The van der Waals surface area contributed by atoms with E-state index in [-0.39, 0.29) is 25.0 Å². The van der Waals surface area contributed by atoms with Gasteiger partial charge in [0, 0.05) is 6.54 Å². The largest absolute Gasteiger partial charge is 0.378 e. The van der Waals surface area contributed by atoms with Crippen molar-refractivity contribution in [1.82, 2.24) is 10.2 Å². The third kappa shape index (κ3) is 23.9. The van der Waals surface area contributed by atoms with Crippen molar-refractivity contribution in [1.29, 1.82) is 0 Å². The summed E-state index contributed by atoms with van der Waals surface area (Å²) in [6.45, 7) is 12.8. The molecule has 1 aromatic carbocycles. The van der Waals surface area contributed by atoms with Crippen LogP contribution in [0.2, 0.25) is 0 Å². The minimum Gasteiger partial charge on any atom is -0.378 e. The molecule has 0 saturated carbocycles. The first kappa shape index (κ1) is 45.0. The molecule has 0 aromatic heterocycles. The number of amides is 2. The standard InChI is InChI=1S/C35H60N2O14/c1-36-6-8-40-10-12-42-14-16-44-18-20-46-22-24-48-26-28-50-30-31-51-29-27-49-25-23-47-21-19-45-17-15-43-13-11-41-9-7-37-34(38)32-4-2-3-5-33(32)35(37)39/h2-5,36H,6-31H2,1H3. The van der Waals surface area contributed by atoms with Crippen LogP contribution in [0.4, 0.5) is 0 Å². The Hall–Kier alpha value is -2.16. The molecule has 1 aliphatic rings. The first-order valence-electron chi connectivity index (χ1n) is 17.8. The highest BCUT2D eigenvalue weighted by atomic mass is 16.6. The monoisotopic (exact) mass is 732 g/mol. The predicted octanol–water partition coefficient (Wildman–Crippen LogP) is 0.701. The van der Waals surface area contributed by atoms with Gasteiger partial charge in [-0.1, -0.05) is 12.1 Å². The zero-order valence-corrected chi connectivity index (χ0v) is 30.4. The van der Waals surface area contributed by atoms with Crippen molar-refractivity contribution >= 4 is 11.8 Å². The van der Waals surface area contributed by atoms with Gasteiger partial charge in [0.1, 0.15) is 0 Å². The summed E-state index contributed by atoms with van der Waals surface area (Å²) in [5.41, 5.74) is 0.882. The maximum Gasteiger partial charge on any atom is 0.261 e. The summed E-state index contributed by atoms with van der Waals surface area (Å²) in [6, 6.07) is 6.82. The normalized spacial score (nSPS) is 12.8. The topological polar surface area (TPSA) is 160 Å². The quantitative estimate of drug-likeness (QED) is 0.0744. The van der Waals surface area contributed by atoms with Gasteiger partial charge in [0.15, 0.2) is 0 Å². The molecule has 0 spiro atoms. The molecular formula is C35H60N2O14. The summed E-state index contributed by atoms with van der Waals surface area (Å²) in [4.78, 5) is 25.8. The fraction of sp³-hybridized carbons (Fsp3) is 0.771. The van der Waals surface area contributed by atoms with E-state index < -0.39 is 0 Å². The van der Waals surface area contributed by atoms with Crippen LogP contribution in [0.3, 0.4) is 0 Å². The van der Waals surface area contributed by atoms with Crippen LogP contribution < -0.4 is 5.32 Å². The average molecular weight is 733 g/mol. The lowest BCUT2D eigenvalue weighted by atomic mass is 10.1. The number of fused-ring (bicyclic) bond motifs is 1. The highest BCUT2D eigenvalue weighted by Crippen LogP contribution is 2.21. The molecule has 2 amide bonds. The lowest BCUT2D eigenvalue weighted by Gasteiger charge is -2.13. The highest BCUT2D eigenvalue weighted by Gasteiger charge is 2.34. The van der Waals surface area contributed by atoms with Crippen molar-refractivity contribution in [3.8, 4) is 0 Å². The van der Waals surface area contributed by atoms with E-state index in [1.165, 1.54) is 4.90 Å². The van der Waals surface area contributed by atoms with Crippen LogP contribution in [-0.4, -0.2) is 195 Å². The van der Waals surface area contributed by atoms with Crippen LogP contribution in [0.5, 0.6) is 0 Å². The lowest BCUT2D eigenvalue weighted by Crippen LogP contribution is -2.33. The number of imide groups is 1. The molecule has 16 nitrogen and oxygen atoms in total. The second-order valence-electron chi connectivity index (χ2n) is 10.8. The Morgan fingerprint density at radius 1 is 0.392 bits per heavy atom. The van der Waals surface area contributed by atoms with Gasteiger partial charge in [0.25, 0.3) is 11.8 Å². The molecule has 2 rings (SSSR count). The van der Waals surface area contributed by atoms with E-state index in [0.717, 1.165) is 6.54 Å². The molecule has 0 saturated heterocycles. The Morgan fingerprint density at radius 2 is 0.627 bits per heavy atom. The molecular weight excluding hydrogens is 672 g/mol. The van der Waals surface area contributed by atoms with E-state index in [0.29, 0.717) is 163 Å². The summed E-state index contributed by atoms with van der Waals surface area (Å²) in [5.74, 6) is -0.557. The number of ether oxygens (including phenoxy) is 12. The number of likely N-dealkylation sites (N-methyl/N-ethyl adjacent to an activating group) is 1. The highest BCUT2D eigenvalue weighted by molar-refractivity contribution is 6.21. The summed E-state index contributed by atoms with van der Waals surface area (Å²) >= 11 is 0. The minimum atomic E-state index is -0.278. The Morgan fingerprint density at radius 3 is 0.882 bits per heavy atom. The van der Waals surface area contributed by atoms with Crippen LogP contribution in [0, 0.1) is 0 Å². The molecule has 0 radical (unpaired) electrons. The van der Waals surface area contributed by atoms with Crippen molar-refractivity contribution in [3.05, 3.63) is 35.4 Å². The molecule has 1 N–H and O–H groups in total. The number of nitrogens with one attached hydrogen (secondary N) is 1. The number of hydrogen-bond donors (Lipinski definition) is 1. The van der Waals surface area contributed by atoms with Gasteiger partial charge in [0.05, 0.1) is 176 Å². The predicted molar refractivity (Wildman–Crippen MR) is 186 cm³/mol. The van der Waals surface area contributed by atoms with E-state index in [2.05, 4.69) is 5.32 Å². The van der Waals surface area contributed by atoms with Crippen LogP contribution in [0.15, 0.2) is 24.3 Å². The van der Waals surface area contributed by atoms with Crippen LogP contribution >= 0.6 is 0 Å². The Labute approximate surface area is 302 Å². The smallest absolute Gasteiger partial charge is 0.261 e. The lowest BCUT2D eigenvalue weighted by molar-refractivity contribution is -0.0283. The van der Waals surface area contributed by atoms with Gasteiger partial charge in [-0.3, -0.25) is 14.5 Å². The Kier molecular flexibility index (Phi) is 29.7. The van der Waals surface area contributed by atoms with Crippen molar-refractivity contribution in [2.75, 3.05) is 179 Å². The Bertz CT molecular complexity index is 941. The van der Waals surface area contributed by atoms with Gasteiger partial charge in [0.2, 0.25) is 0 Å². The number of hydrogen-bond acceptors (Lipinski definition) is 15. The maximum atomic E-state index is 12.3. The molecule has 0 unspecified atom stereocenters. The van der Waals surface area contributed by atoms with Crippen molar-refractivity contribution in [2.24, 2.45) is 0 Å². The van der Waals surface area contributed by atoms with E-state index in [4.69, 9.17) is 56.8 Å². The van der Waals surface area contributed by atoms with Gasteiger partial charge in [-0.2, -0.15) is 0 Å². The van der Waals surface area contributed by atoms with Crippen molar-refractivity contribution < 1.29 is 66.4 Å². The molecule has 16 heteroatoms. The Balaban J connectivity index is 1.16.